The monoisotopic (exact) mass is 368 g/mol. The number of carbonyl (C=O) groups is 2. The Morgan fingerprint density at radius 3 is 2.56 bits per heavy atom. The molecule has 3 rings (SSSR count). The molecule has 0 saturated heterocycles. The molecule has 126 valence electrons. The van der Waals surface area contributed by atoms with Crippen molar-refractivity contribution in [1.29, 1.82) is 0 Å². The van der Waals surface area contributed by atoms with E-state index in [0.717, 1.165) is 10.6 Å². The number of amides is 1. The van der Waals surface area contributed by atoms with Gasteiger partial charge in [-0.15, -0.1) is 23.1 Å². The van der Waals surface area contributed by atoms with E-state index in [2.05, 4.69) is 10.3 Å². The number of Topliss-reactive ketones (excluding diaryl/α,β-unsaturated/α-hetero) is 1. The summed E-state index contributed by atoms with van der Waals surface area (Å²) in [5.41, 5.74) is 2.12. The molecule has 0 aliphatic carbocycles. The van der Waals surface area contributed by atoms with E-state index in [4.69, 9.17) is 0 Å². The number of thiazole rings is 1. The van der Waals surface area contributed by atoms with E-state index >= 15 is 0 Å². The summed E-state index contributed by atoms with van der Waals surface area (Å²) >= 11 is 2.82. The molecule has 0 fully saturated rings. The van der Waals surface area contributed by atoms with Gasteiger partial charge < -0.3 is 0 Å². The molecule has 0 aliphatic heterocycles. The van der Waals surface area contributed by atoms with Gasteiger partial charge in [-0.1, -0.05) is 36.4 Å². The van der Waals surface area contributed by atoms with Crippen LogP contribution in [0, 0.1) is 6.92 Å². The van der Waals surface area contributed by atoms with Gasteiger partial charge in [-0.05, 0) is 25.1 Å². The molecular weight excluding hydrogens is 352 g/mol. The zero-order chi connectivity index (χ0) is 17.6. The van der Waals surface area contributed by atoms with Gasteiger partial charge in [0.2, 0.25) is 0 Å². The second-order valence-electron chi connectivity index (χ2n) is 5.35. The molecule has 25 heavy (non-hydrogen) atoms. The fraction of sp³-hybridized carbons (Fsp3) is 0.105. The normalized spacial score (nSPS) is 10.4. The Labute approximate surface area is 154 Å². The van der Waals surface area contributed by atoms with Gasteiger partial charge in [-0.3, -0.25) is 14.9 Å². The maximum Gasteiger partial charge on any atom is 0.257 e. The minimum atomic E-state index is -0.203. The topological polar surface area (TPSA) is 59.1 Å². The predicted molar refractivity (Wildman–Crippen MR) is 103 cm³/mol. The van der Waals surface area contributed by atoms with Gasteiger partial charge in [0.1, 0.15) is 0 Å². The highest BCUT2D eigenvalue weighted by Gasteiger charge is 2.10. The van der Waals surface area contributed by atoms with E-state index in [1.165, 1.54) is 23.1 Å². The lowest BCUT2D eigenvalue weighted by Gasteiger charge is -2.05. The maximum absolute atomic E-state index is 12.3. The number of hydrogen-bond acceptors (Lipinski definition) is 5. The number of ketones is 1. The molecule has 2 aromatic carbocycles. The van der Waals surface area contributed by atoms with Crippen molar-refractivity contribution in [1.82, 2.24) is 4.98 Å². The molecule has 1 N–H and O–H groups in total. The van der Waals surface area contributed by atoms with E-state index in [1.807, 2.05) is 54.8 Å². The highest BCUT2D eigenvalue weighted by atomic mass is 32.2. The number of anilines is 1. The molecule has 6 heteroatoms. The first-order chi connectivity index (χ1) is 12.1. The highest BCUT2D eigenvalue weighted by molar-refractivity contribution is 8.00. The molecule has 0 atom stereocenters. The Morgan fingerprint density at radius 2 is 1.84 bits per heavy atom. The number of hydrogen-bond donors (Lipinski definition) is 1. The third-order valence-corrected chi connectivity index (χ3v) is 5.27. The molecule has 0 saturated carbocycles. The van der Waals surface area contributed by atoms with Crippen molar-refractivity contribution in [2.45, 2.75) is 11.8 Å². The second kappa shape index (κ2) is 8.09. The Kier molecular flexibility index (Phi) is 5.63. The molecular formula is C19H16N2O2S2. The van der Waals surface area contributed by atoms with Crippen LogP contribution in [0.15, 0.2) is 64.9 Å². The quantitative estimate of drug-likeness (QED) is 0.507. The minimum Gasteiger partial charge on any atom is -0.298 e. The average molecular weight is 368 g/mol. The van der Waals surface area contributed by atoms with Crippen molar-refractivity contribution in [2.75, 3.05) is 11.1 Å². The third-order valence-electron chi connectivity index (χ3n) is 3.40. The minimum absolute atomic E-state index is 0.0683. The largest absolute Gasteiger partial charge is 0.298 e. The summed E-state index contributed by atoms with van der Waals surface area (Å²) in [6.45, 7) is 1.88. The Hall–Kier alpha value is -2.44. The van der Waals surface area contributed by atoms with E-state index in [0.29, 0.717) is 22.0 Å². The number of nitrogens with one attached hydrogen (secondary N) is 1. The maximum atomic E-state index is 12.3. The first-order valence-corrected chi connectivity index (χ1v) is 9.53. The lowest BCUT2D eigenvalue weighted by molar-refractivity contribution is 0.101. The Bertz CT molecular complexity index is 891. The van der Waals surface area contributed by atoms with Crippen LogP contribution in [0.4, 0.5) is 5.13 Å². The van der Waals surface area contributed by atoms with Gasteiger partial charge in [0.05, 0.1) is 11.4 Å². The smallest absolute Gasteiger partial charge is 0.257 e. The standard InChI is InChI=1S/C19H16N2O2S2/c1-13-11-25-19(20-13)21-18(23)15-8-5-9-16(10-15)24-12-17(22)14-6-3-2-4-7-14/h2-11H,12H2,1H3,(H,20,21,23). The summed E-state index contributed by atoms with van der Waals surface area (Å²) in [5, 5.41) is 5.26. The molecule has 0 aliphatic rings. The molecule has 1 aromatic heterocycles. The summed E-state index contributed by atoms with van der Waals surface area (Å²) in [6.07, 6.45) is 0. The Balaban J connectivity index is 1.63. The van der Waals surface area contributed by atoms with Crippen LogP contribution < -0.4 is 5.32 Å². The number of aromatic nitrogens is 1. The third kappa shape index (κ3) is 4.78. The van der Waals surface area contributed by atoms with Crippen LogP contribution in [0.2, 0.25) is 0 Å². The van der Waals surface area contributed by atoms with Crippen LogP contribution in [0.5, 0.6) is 0 Å². The first-order valence-electron chi connectivity index (χ1n) is 7.66. The first kappa shape index (κ1) is 17.4. The highest BCUT2D eigenvalue weighted by Crippen LogP contribution is 2.22. The van der Waals surface area contributed by atoms with Gasteiger partial charge in [0.15, 0.2) is 10.9 Å². The van der Waals surface area contributed by atoms with Crippen LogP contribution in [0.3, 0.4) is 0 Å². The van der Waals surface area contributed by atoms with Gasteiger partial charge >= 0.3 is 0 Å². The van der Waals surface area contributed by atoms with E-state index in [9.17, 15) is 9.59 Å². The van der Waals surface area contributed by atoms with Crippen LogP contribution >= 0.6 is 23.1 Å². The molecule has 0 bridgehead atoms. The molecule has 0 spiro atoms. The van der Waals surface area contributed by atoms with Crippen molar-refractivity contribution in [3.05, 3.63) is 76.8 Å². The fourth-order valence-corrected chi connectivity index (χ4v) is 3.70. The summed E-state index contributed by atoms with van der Waals surface area (Å²) in [5.74, 6) is 0.200. The van der Waals surface area contributed by atoms with E-state index in [-0.39, 0.29) is 11.7 Å². The summed E-state index contributed by atoms with van der Waals surface area (Å²) in [6, 6.07) is 16.5. The van der Waals surface area contributed by atoms with Gasteiger partial charge in [-0.2, -0.15) is 0 Å². The number of carbonyl (C=O) groups excluding carboxylic acids is 2. The fourth-order valence-electron chi connectivity index (χ4n) is 2.16. The zero-order valence-electron chi connectivity index (χ0n) is 13.6. The van der Waals surface area contributed by atoms with Crippen molar-refractivity contribution in [3.63, 3.8) is 0 Å². The molecule has 0 unspecified atom stereocenters. The van der Waals surface area contributed by atoms with Crippen molar-refractivity contribution in [2.24, 2.45) is 0 Å². The van der Waals surface area contributed by atoms with Crippen molar-refractivity contribution < 1.29 is 9.59 Å². The van der Waals surface area contributed by atoms with Crippen molar-refractivity contribution in [3.8, 4) is 0 Å². The van der Waals surface area contributed by atoms with Crippen LogP contribution in [0.1, 0.15) is 26.4 Å². The summed E-state index contributed by atoms with van der Waals surface area (Å²) < 4.78 is 0. The molecule has 1 amide bonds. The van der Waals surface area contributed by atoms with Gasteiger partial charge in [0, 0.05) is 21.4 Å². The molecule has 4 nitrogen and oxygen atoms in total. The van der Waals surface area contributed by atoms with E-state index < -0.39 is 0 Å². The number of rotatable bonds is 6. The number of nitrogens with zero attached hydrogens (tertiary/aromatic N) is 1. The van der Waals surface area contributed by atoms with Crippen molar-refractivity contribution >= 4 is 39.9 Å². The lowest BCUT2D eigenvalue weighted by Crippen LogP contribution is -2.11. The van der Waals surface area contributed by atoms with Crippen LogP contribution in [-0.4, -0.2) is 22.4 Å². The Morgan fingerprint density at radius 1 is 1.08 bits per heavy atom. The zero-order valence-corrected chi connectivity index (χ0v) is 15.2. The summed E-state index contributed by atoms with van der Waals surface area (Å²) in [7, 11) is 0. The number of aryl methyl sites for hydroxylation is 1. The van der Waals surface area contributed by atoms with E-state index in [1.54, 1.807) is 12.1 Å². The molecule has 0 radical (unpaired) electrons. The summed E-state index contributed by atoms with van der Waals surface area (Å²) in [4.78, 5) is 29.6. The molecule has 1 heterocycles. The number of benzene rings is 2. The SMILES string of the molecule is Cc1csc(NC(=O)c2cccc(SCC(=O)c3ccccc3)c2)n1. The second-order valence-corrected chi connectivity index (χ2v) is 7.26. The van der Waals surface area contributed by atoms with Gasteiger partial charge in [-0.25, -0.2) is 4.98 Å². The molecule has 3 aromatic rings. The van der Waals surface area contributed by atoms with Crippen LogP contribution in [-0.2, 0) is 0 Å². The predicted octanol–water partition coefficient (Wildman–Crippen LogP) is 4.68. The lowest BCUT2D eigenvalue weighted by atomic mass is 10.2. The van der Waals surface area contributed by atoms with Gasteiger partial charge in [0.25, 0.3) is 5.91 Å². The number of thioether (sulfide) groups is 1. The van der Waals surface area contributed by atoms with Crippen LogP contribution in [0.25, 0.3) is 0 Å². The average Bonchev–Trinajstić information content (AvgIpc) is 3.05.